The van der Waals surface area contributed by atoms with Crippen LogP contribution in [-0.4, -0.2) is 50.7 Å². The zero-order valence-corrected chi connectivity index (χ0v) is 15.7. The maximum absolute atomic E-state index is 12.1. The molecule has 2 aromatic rings. The lowest BCUT2D eigenvalue weighted by atomic mass is 10.1. The molecule has 2 amide bonds. The third-order valence-electron chi connectivity index (χ3n) is 4.78. The Labute approximate surface area is 156 Å². The van der Waals surface area contributed by atoms with Crippen molar-refractivity contribution < 1.29 is 4.79 Å². The SMILES string of the molecule is Cc1cccc(CCNC(=O)Nc2ccc(N3CCN(C)CC3)cc2)c1. The smallest absolute Gasteiger partial charge is 0.319 e. The highest BCUT2D eigenvalue weighted by molar-refractivity contribution is 5.89. The van der Waals surface area contributed by atoms with Crippen molar-refractivity contribution in [1.82, 2.24) is 10.2 Å². The molecule has 5 heteroatoms. The number of nitrogens with zero attached hydrogens (tertiary/aromatic N) is 2. The van der Waals surface area contributed by atoms with E-state index in [-0.39, 0.29) is 6.03 Å². The van der Waals surface area contributed by atoms with E-state index >= 15 is 0 Å². The van der Waals surface area contributed by atoms with Crippen LogP contribution in [0.15, 0.2) is 48.5 Å². The number of piperazine rings is 1. The quantitative estimate of drug-likeness (QED) is 0.869. The van der Waals surface area contributed by atoms with Crippen molar-refractivity contribution in [2.24, 2.45) is 0 Å². The lowest BCUT2D eigenvalue weighted by molar-refractivity contribution is 0.252. The van der Waals surface area contributed by atoms with Gasteiger partial charge in [-0.2, -0.15) is 0 Å². The van der Waals surface area contributed by atoms with Crippen LogP contribution in [0, 0.1) is 6.92 Å². The molecule has 0 radical (unpaired) electrons. The van der Waals surface area contributed by atoms with E-state index in [0.29, 0.717) is 6.54 Å². The number of hydrogen-bond acceptors (Lipinski definition) is 3. The van der Waals surface area contributed by atoms with Crippen LogP contribution in [0.25, 0.3) is 0 Å². The molecule has 26 heavy (non-hydrogen) atoms. The maximum Gasteiger partial charge on any atom is 0.319 e. The topological polar surface area (TPSA) is 47.6 Å². The first kappa shape index (κ1) is 18.3. The summed E-state index contributed by atoms with van der Waals surface area (Å²) in [6.45, 7) is 6.96. The lowest BCUT2D eigenvalue weighted by Crippen LogP contribution is -2.44. The fourth-order valence-electron chi connectivity index (χ4n) is 3.18. The van der Waals surface area contributed by atoms with E-state index in [2.05, 4.69) is 64.7 Å². The fourth-order valence-corrected chi connectivity index (χ4v) is 3.18. The molecular formula is C21H28N4O. The third kappa shape index (κ3) is 5.23. The van der Waals surface area contributed by atoms with Gasteiger partial charge in [-0.15, -0.1) is 0 Å². The highest BCUT2D eigenvalue weighted by atomic mass is 16.2. The van der Waals surface area contributed by atoms with E-state index < -0.39 is 0 Å². The minimum Gasteiger partial charge on any atom is -0.369 e. The molecule has 5 nitrogen and oxygen atoms in total. The summed E-state index contributed by atoms with van der Waals surface area (Å²) in [7, 11) is 2.15. The van der Waals surface area contributed by atoms with Gasteiger partial charge in [0.25, 0.3) is 0 Å². The number of amides is 2. The van der Waals surface area contributed by atoms with Gasteiger partial charge in [0.05, 0.1) is 0 Å². The highest BCUT2D eigenvalue weighted by Crippen LogP contribution is 2.19. The lowest BCUT2D eigenvalue weighted by Gasteiger charge is -2.34. The fraction of sp³-hybridized carbons (Fsp3) is 0.381. The van der Waals surface area contributed by atoms with Gasteiger partial charge in [-0.25, -0.2) is 4.79 Å². The van der Waals surface area contributed by atoms with E-state index in [1.54, 1.807) is 0 Å². The van der Waals surface area contributed by atoms with Crippen molar-refractivity contribution in [2.75, 3.05) is 50.0 Å². The van der Waals surface area contributed by atoms with Crippen LogP contribution < -0.4 is 15.5 Å². The number of carbonyl (C=O) groups is 1. The number of anilines is 2. The van der Waals surface area contributed by atoms with Gasteiger partial charge in [-0.1, -0.05) is 29.8 Å². The van der Waals surface area contributed by atoms with Gasteiger partial charge in [0.2, 0.25) is 0 Å². The molecule has 1 fully saturated rings. The number of aryl methyl sites for hydroxylation is 1. The number of nitrogens with one attached hydrogen (secondary N) is 2. The van der Waals surface area contributed by atoms with E-state index in [1.165, 1.54) is 16.8 Å². The molecule has 1 saturated heterocycles. The summed E-state index contributed by atoms with van der Waals surface area (Å²) in [4.78, 5) is 16.8. The zero-order chi connectivity index (χ0) is 18.4. The normalized spacial score (nSPS) is 14.9. The van der Waals surface area contributed by atoms with Gasteiger partial charge in [-0.05, 0) is 50.2 Å². The van der Waals surface area contributed by atoms with E-state index in [9.17, 15) is 4.79 Å². The Morgan fingerprint density at radius 1 is 1.04 bits per heavy atom. The van der Waals surface area contributed by atoms with Gasteiger partial charge >= 0.3 is 6.03 Å². The van der Waals surface area contributed by atoms with Crippen molar-refractivity contribution in [3.05, 3.63) is 59.7 Å². The molecule has 0 atom stereocenters. The summed E-state index contributed by atoms with van der Waals surface area (Å²) in [6.07, 6.45) is 0.831. The standard InChI is InChI=1S/C21H28N4O/c1-17-4-3-5-18(16-17)10-11-22-21(26)23-19-6-8-20(9-7-19)25-14-12-24(2)13-15-25/h3-9,16H,10-15H2,1-2H3,(H2,22,23,26). The summed E-state index contributed by atoms with van der Waals surface area (Å²) in [5.41, 5.74) is 4.51. The first-order chi connectivity index (χ1) is 12.6. The van der Waals surface area contributed by atoms with Crippen molar-refractivity contribution in [1.29, 1.82) is 0 Å². The van der Waals surface area contributed by atoms with Gasteiger partial charge in [-0.3, -0.25) is 0 Å². The Hall–Kier alpha value is -2.53. The molecule has 0 saturated carbocycles. The van der Waals surface area contributed by atoms with Crippen LogP contribution in [0.2, 0.25) is 0 Å². The Morgan fingerprint density at radius 3 is 2.46 bits per heavy atom. The van der Waals surface area contributed by atoms with Crippen molar-refractivity contribution >= 4 is 17.4 Å². The molecule has 0 unspecified atom stereocenters. The number of urea groups is 1. The van der Waals surface area contributed by atoms with E-state index in [4.69, 9.17) is 0 Å². The molecule has 3 rings (SSSR count). The number of carbonyl (C=O) groups excluding carboxylic acids is 1. The summed E-state index contributed by atoms with van der Waals surface area (Å²) in [6, 6.07) is 16.3. The summed E-state index contributed by atoms with van der Waals surface area (Å²) >= 11 is 0. The van der Waals surface area contributed by atoms with Crippen molar-refractivity contribution in [3.63, 3.8) is 0 Å². The van der Waals surface area contributed by atoms with E-state index in [1.807, 2.05) is 18.2 Å². The Morgan fingerprint density at radius 2 is 1.77 bits per heavy atom. The average molecular weight is 352 g/mol. The second kappa shape index (κ2) is 8.72. The number of rotatable bonds is 5. The average Bonchev–Trinajstić information content (AvgIpc) is 2.63. The van der Waals surface area contributed by atoms with Gasteiger partial charge in [0.15, 0.2) is 0 Å². The Bertz CT molecular complexity index is 721. The monoisotopic (exact) mass is 352 g/mol. The minimum atomic E-state index is -0.162. The number of likely N-dealkylation sites (N-methyl/N-ethyl adjacent to an activating group) is 1. The van der Waals surface area contributed by atoms with Crippen LogP contribution >= 0.6 is 0 Å². The zero-order valence-electron chi connectivity index (χ0n) is 15.7. The second-order valence-electron chi connectivity index (χ2n) is 6.96. The van der Waals surface area contributed by atoms with Gasteiger partial charge in [0, 0.05) is 44.1 Å². The van der Waals surface area contributed by atoms with Crippen LogP contribution in [0.1, 0.15) is 11.1 Å². The molecular weight excluding hydrogens is 324 g/mol. The van der Waals surface area contributed by atoms with Crippen molar-refractivity contribution in [3.8, 4) is 0 Å². The molecule has 0 aromatic heterocycles. The summed E-state index contributed by atoms with van der Waals surface area (Å²) in [5, 5.41) is 5.82. The van der Waals surface area contributed by atoms with Gasteiger partial charge in [0.1, 0.15) is 0 Å². The second-order valence-corrected chi connectivity index (χ2v) is 6.96. The van der Waals surface area contributed by atoms with Gasteiger partial charge < -0.3 is 20.4 Å². The first-order valence-corrected chi connectivity index (χ1v) is 9.24. The molecule has 0 bridgehead atoms. The largest absolute Gasteiger partial charge is 0.369 e. The van der Waals surface area contributed by atoms with Crippen LogP contribution in [0.4, 0.5) is 16.2 Å². The molecule has 0 spiro atoms. The van der Waals surface area contributed by atoms with Crippen LogP contribution in [0.3, 0.4) is 0 Å². The van der Waals surface area contributed by atoms with Crippen molar-refractivity contribution in [2.45, 2.75) is 13.3 Å². The highest BCUT2D eigenvalue weighted by Gasteiger charge is 2.14. The number of hydrogen-bond donors (Lipinski definition) is 2. The molecule has 138 valence electrons. The third-order valence-corrected chi connectivity index (χ3v) is 4.78. The minimum absolute atomic E-state index is 0.162. The number of benzene rings is 2. The molecule has 1 heterocycles. The first-order valence-electron chi connectivity index (χ1n) is 9.24. The van der Waals surface area contributed by atoms with E-state index in [0.717, 1.165) is 38.3 Å². The Kier molecular flexibility index (Phi) is 6.12. The molecule has 2 N–H and O–H groups in total. The summed E-state index contributed by atoms with van der Waals surface area (Å²) < 4.78 is 0. The van der Waals surface area contributed by atoms with Crippen LogP contribution in [-0.2, 0) is 6.42 Å². The van der Waals surface area contributed by atoms with Crippen LogP contribution in [0.5, 0.6) is 0 Å². The molecule has 2 aromatic carbocycles. The molecule has 1 aliphatic rings. The maximum atomic E-state index is 12.1. The predicted octanol–water partition coefficient (Wildman–Crippen LogP) is 3.11. The summed E-state index contributed by atoms with van der Waals surface area (Å²) in [5.74, 6) is 0. The molecule has 1 aliphatic heterocycles. The molecule has 0 aliphatic carbocycles. The Balaban J connectivity index is 1.44. The predicted molar refractivity (Wildman–Crippen MR) is 108 cm³/mol.